The van der Waals surface area contributed by atoms with Crippen LogP contribution in [-0.4, -0.2) is 28.4 Å². The predicted octanol–water partition coefficient (Wildman–Crippen LogP) is 4.80. The average Bonchev–Trinajstić information content (AvgIpc) is 2.82. The monoisotopic (exact) mass is 400 g/mol. The molecule has 3 aromatic carbocycles. The van der Waals surface area contributed by atoms with Crippen LogP contribution in [0.15, 0.2) is 48.5 Å². The van der Waals surface area contributed by atoms with Crippen molar-refractivity contribution >= 4 is 0 Å². The summed E-state index contributed by atoms with van der Waals surface area (Å²) >= 11 is 0. The van der Waals surface area contributed by atoms with Gasteiger partial charge < -0.3 is 18.9 Å². The summed E-state index contributed by atoms with van der Waals surface area (Å²) in [5, 5.41) is 19.7. The highest BCUT2D eigenvalue weighted by Crippen LogP contribution is 2.41. The number of nitrogens with zero attached hydrogens (tertiary/aromatic N) is 2. The molecule has 0 aliphatic heterocycles. The summed E-state index contributed by atoms with van der Waals surface area (Å²) in [7, 11) is 6.24. The van der Waals surface area contributed by atoms with Crippen molar-refractivity contribution in [2.75, 3.05) is 28.4 Å². The molecule has 0 unspecified atom stereocenters. The summed E-state index contributed by atoms with van der Waals surface area (Å²) in [5.74, 6) is 2.38. The Hall–Kier alpha value is -4.16. The van der Waals surface area contributed by atoms with E-state index in [2.05, 4.69) is 12.1 Å². The van der Waals surface area contributed by atoms with Crippen molar-refractivity contribution in [1.29, 1.82) is 10.5 Å². The van der Waals surface area contributed by atoms with E-state index in [0.717, 1.165) is 0 Å². The van der Waals surface area contributed by atoms with Gasteiger partial charge in [0, 0.05) is 22.3 Å². The van der Waals surface area contributed by atoms with Crippen molar-refractivity contribution in [3.8, 4) is 57.4 Å². The molecule has 150 valence electrons. The largest absolute Gasteiger partial charge is 0.497 e. The molecule has 0 heterocycles. The lowest BCUT2D eigenvalue weighted by Crippen LogP contribution is -1.97. The molecule has 0 fully saturated rings. The van der Waals surface area contributed by atoms with Gasteiger partial charge in [0.15, 0.2) is 0 Å². The minimum atomic E-state index is 0.389. The first-order chi connectivity index (χ1) is 14.6. The molecule has 0 aliphatic carbocycles. The molecule has 30 heavy (non-hydrogen) atoms. The Kier molecular flexibility index (Phi) is 6.10. The van der Waals surface area contributed by atoms with E-state index in [-0.39, 0.29) is 0 Å². The second-order valence-corrected chi connectivity index (χ2v) is 6.30. The Balaban J connectivity index is 2.31. The first-order valence-corrected chi connectivity index (χ1v) is 9.03. The maximum absolute atomic E-state index is 9.87. The van der Waals surface area contributed by atoms with Crippen LogP contribution in [0.3, 0.4) is 0 Å². The van der Waals surface area contributed by atoms with E-state index in [0.29, 0.717) is 56.4 Å². The number of benzene rings is 3. The van der Waals surface area contributed by atoms with Gasteiger partial charge in [-0.25, -0.2) is 0 Å². The van der Waals surface area contributed by atoms with Crippen LogP contribution in [0.4, 0.5) is 0 Å². The maximum atomic E-state index is 9.87. The quantitative estimate of drug-likeness (QED) is 0.591. The number of hydrogen-bond donors (Lipinski definition) is 0. The van der Waals surface area contributed by atoms with Gasteiger partial charge in [0.2, 0.25) is 0 Å². The molecular weight excluding hydrogens is 380 g/mol. The lowest BCUT2D eigenvalue weighted by molar-refractivity contribution is 0.404. The van der Waals surface area contributed by atoms with E-state index >= 15 is 0 Å². The molecule has 0 saturated heterocycles. The zero-order valence-corrected chi connectivity index (χ0v) is 17.1. The second-order valence-electron chi connectivity index (χ2n) is 6.30. The van der Waals surface area contributed by atoms with Crippen LogP contribution in [-0.2, 0) is 0 Å². The van der Waals surface area contributed by atoms with Crippen LogP contribution in [0.1, 0.15) is 11.1 Å². The van der Waals surface area contributed by atoms with Crippen LogP contribution >= 0.6 is 0 Å². The first kappa shape index (κ1) is 20.6. The minimum Gasteiger partial charge on any atom is -0.497 e. The third kappa shape index (κ3) is 3.72. The Bertz CT molecular complexity index is 1080. The van der Waals surface area contributed by atoms with E-state index < -0.39 is 0 Å². The number of hydrogen-bond acceptors (Lipinski definition) is 6. The highest BCUT2D eigenvalue weighted by molar-refractivity contribution is 5.85. The Morgan fingerprint density at radius 3 is 1.23 bits per heavy atom. The van der Waals surface area contributed by atoms with Crippen molar-refractivity contribution in [3.63, 3.8) is 0 Å². The van der Waals surface area contributed by atoms with Gasteiger partial charge in [0.25, 0.3) is 0 Å². The molecule has 0 aliphatic rings. The van der Waals surface area contributed by atoms with E-state index in [1.54, 1.807) is 77.0 Å². The van der Waals surface area contributed by atoms with Crippen LogP contribution in [0.2, 0.25) is 0 Å². The third-order valence-corrected chi connectivity index (χ3v) is 4.79. The zero-order valence-electron chi connectivity index (χ0n) is 17.1. The fourth-order valence-corrected chi connectivity index (χ4v) is 3.28. The molecule has 6 nitrogen and oxygen atoms in total. The van der Waals surface area contributed by atoms with Crippen molar-refractivity contribution in [1.82, 2.24) is 0 Å². The third-order valence-electron chi connectivity index (χ3n) is 4.79. The van der Waals surface area contributed by atoms with E-state index in [9.17, 15) is 10.5 Å². The first-order valence-electron chi connectivity index (χ1n) is 9.03. The number of nitriles is 2. The van der Waals surface area contributed by atoms with Crippen molar-refractivity contribution in [2.45, 2.75) is 0 Å². The molecular formula is C24H20N2O4. The molecule has 0 aromatic heterocycles. The molecule has 0 N–H and O–H groups in total. The standard InChI is InChI=1S/C24H20N2O4/c1-27-17-5-7-23(29-3)21(11-17)19-9-16(14-26)20(10-15(19)13-25)22-12-18(28-2)6-8-24(22)30-4/h5-12H,1-4H3. The summed E-state index contributed by atoms with van der Waals surface area (Å²) < 4.78 is 21.6. The van der Waals surface area contributed by atoms with Crippen LogP contribution in [0.5, 0.6) is 23.0 Å². The Labute approximate surface area is 175 Å². The summed E-state index contributed by atoms with van der Waals surface area (Å²) in [6.07, 6.45) is 0. The maximum Gasteiger partial charge on any atom is 0.127 e. The van der Waals surface area contributed by atoms with E-state index in [1.807, 2.05) is 0 Å². The van der Waals surface area contributed by atoms with Gasteiger partial charge in [-0.15, -0.1) is 0 Å². The molecule has 0 radical (unpaired) electrons. The molecule has 0 bridgehead atoms. The number of ether oxygens (including phenoxy) is 4. The molecule has 0 atom stereocenters. The summed E-state index contributed by atoms with van der Waals surface area (Å²) in [4.78, 5) is 0. The van der Waals surface area contributed by atoms with Crippen molar-refractivity contribution in [3.05, 3.63) is 59.7 Å². The Morgan fingerprint density at radius 2 is 0.933 bits per heavy atom. The SMILES string of the molecule is COc1ccc(OC)c(-c2cc(C#N)c(-c3cc(OC)ccc3OC)cc2C#N)c1. The van der Waals surface area contributed by atoms with Gasteiger partial charge in [-0.1, -0.05) is 0 Å². The van der Waals surface area contributed by atoms with Crippen LogP contribution < -0.4 is 18.9 Å². The molecule has 0 amide bonds. The van der Waals surface area contributed by atoms with E-state index in [1.165, 1.54) is 0 Å². The highest BCUT2D eigenvalue weighted by Gasteiger charge is 2.19. The number of methoxy groups -OCH3 is 4. The molecule has 6 heteroatoms. The molecule has 0 spiro atoms. The minimum absolute atomic E-state index is 0.389. The van der Waals surface area contributed by atoms with Gasteiger partial charge in [0.1, 0.15) is 23.0 Å². The smallest absolute Gasteiger partial charge is 0.127 e. The van der Waals surface area contributed by atoms with Crippen molar-refractivity contribution in [2.24, 2.45) is 0 Å². The fourth-order valence-electron chi connectivity index (χ4n) is 3.28. The van der Waals surface area contributed by atoms with Crippen LogP contribution in [0, 0.1) is 22.7 Å². The highest BCUT2D eigenvalue weighted by atomic mass is 16.5. The van der Waals surface area contributed by atoms with Gasteiger partial charge in [-0.2, -0.15) is 10.5 Å². The lowest BCUT2D eigenvalue weighted by atomic mass is 9.90. The predicted molar refractivity (Wildman–Crippen MR) is 113 cm³/mol. The lowest BCUT2D eigenvalue weighted by Gasteiger charge is -2.16. The fraction of sp³-hybridized carbons (Fsp3) is 0.167. The van der Waals surface area contributed by atoms with Gasteiger partial charge >= 0.3 is 0 Å². The van der Waals surface area contributed by atoms with E-state index in [4.69, 9.17) is 18.9 Å². The molecule has 3 aromatic rings. The van der Waals surface area contributed by atoms with Crippen LogP contribution in [0.25, 0.3) is 22.3 Å². The Morgan fingerprint density at radius 1 is 0.533 bits per heavy atom. The summed E-state index contributed by atoms with van der Waals surface area (Å²) in [6.45, 7) is 0. The van der Waals surface area contributed by atoms with Gasteiger partial charge in [-0.05, 0) is 48.5 Å². The molecule has 3 rings (SSSR count). The summed E-state index contributed by atoms with van der Waals surface area (Å²) in [6, 6.07) is 18.5. The number of rotatable bonds is 6. The average molecular weight is 400 g/mol. The van der Waals surface area contributed by atoms with Gasteiger partial charge in [0.05, 0.1) is 51.7 Å². The normalized spacial score (nSPS) is 9.93. The zero-order chi connectivity index (χ0) is 21.7. The topological polar surface area (TPSA) is 84.5 Å². The van der Waals surface area contributed by atoms with Crippen molar-refractivity contribution < 1.29 is 18.9 Å². The molecule has 0 saturated carbocycles. The summed E-state index contributed by atoms with van der Waals surface area (Å²) in [5.41, 5.74) is 3.26. The van der Waals surface area contributed by atoms with Gasteiger partial charge in [-0.3, -0.25) is 0 Å². The second kappa shape index (κ2) is 8.89.